The summed E-state index contributed by atoms with van der Waals surface area (Å²) < 4.78 is 0. The molecule has 3 nitrogen and oxygen atoms in total. The molecule has 0 aromatic rings. The summed E-state index contributed by atoms with van der Waals surface area (Å²) in [6.45, 7) is 4.77. The van der Waals surface area contributed by atoms with Gasteiger partial charge in [-0.25, -0.2) is 0 Å². The molecule has 10 heavy (non-hydrogen) atoms. The Morgan fingerprint density at radius 1 is 1.50 bits per heavy atom. The van der Waals surface area contributed by atoms with Gasteiger partial charge in [-0.1, -0.05) is 0 Å². The molecule has 0 fully saturated rings. The fourth-order valence-corrected chi connectivity index (χ4v) is 0.554. The standard InChI is InChI=1S/C7H14N2O/c1-6(3-8)4-9-5-7(2)10/h6-7,9-10H,4-5H2,1-2H3. The summed E-state index contributed by atoms with van der Waals surface area (Å²) in [5, 5.41) is 20.1. The molecule has 0 aliphatic rings. The van der Waals surface area contributed by atoms with Crippen molar-refractivity contribution in [1.82, 2.24) is 5.32 Å². The predicted molar refractivity (Wildman–Crippen MR) is 39.3 cm³/mol. The Kier molecular flexibility index (Phi) is 4.91. The first-order valence-electron chi connectivity index (χ1n) is 3.45. The molecule has 2 atom stereocenters. The molecule has 0 saturated heterocycles. The summed E-state index contributed by atoms with van der Waals surface area (Å²) >= 11 is 0. The molecule has 0 radical (unpaired) electrons. The van der Waals surface area contributed by atoms with E-state index in [-0.39, 0.29) is 12.0 Å². The topological polar surface area (TPSA) is 56.0 Å². The zero-order valence-electron chi connectivity index (χ0n) is 6.46. The number of hydrogen-bond acceptors (Lipinski definition) is 3. The predicted octanol–water partition coefficient (Wildman–Crippen LogP) is 0.116. The van der Waals surface area contributed by atoms with Gasteiger partial charge in [0.1, 0.15) is 0 Å². The first-order chi connectivity index (χ1) is 4.66. The Morgan fingerprint density at radius 3 is 2.50 bits per heavy atom. The van der Waals surface area contributed by atoms with E-state index in [1.165, 1.54) is 0 Å². The van der Waals surface area contributed by atoms with E-state index in [0.29, 0.717) is 13.1 Å². The fraction of sp³-hybridized carbons (Fsp3) is 0.857. The van der Waals surface area contributed by atoms with Gasteiger partial charge < -0.3 is 10.4 Å². The van der Waals surface area contributed by atoms with Gasteiger partial charge in [-0.05, 0) is 13.8 Å². The highest BCUT2D eigenvalue weighted by Crippen LogP contribution is 1.87. The van der Waals surface area contributed by atoms with Crippen molar-refractivity contribution < 1.29 is 5.11 Å². The second-order valence-electron chi connectivity index (χ2n) is 2.54. The first-order valence-corrected chi connectivity index (χ1v) is 3.45. The minimum Gasteiger partial charge on any atom is -0.392 e. The number of aliphatic hydroxyl groups is 1. The molecule has 0 aliphatic carbocycles. The van der Waals surface area contributed by atoms with Gasteiger partial charge in [0.25, 0.3) is 0 Å². The van der Waals surface area contributed by atoms with Crippen molar-refractivity contribution in [3.05, 3.63) is 0 Å². The SMILES string of the molecule is CC(O)CNCC(C)C#N. The molecule has 3 heteroatoms. The van der Waals surface area contributed by atoms with Crippen LogP contribution in [0.4, 0.5) is 0 Å². The summed E-state index contributed by atoms with van der Waals surface area (Å²) in [6.07, 6.45) is -0.328. The Balaban J connectivity index is 3.13. The van der Waals surface area contributed by atoms with Gasteiger partial charge in [-0.15, -0.1) is 0 Å². The molecule has 0 heterocycles. The highest BCUT2D eigenvalue weighted by molar-refractivity contribution is 4.80. The van der Waals surface area contributed by atoms with Crippen LogP contribution in [0.5, 0.6) is 0 Å². The fourth-order valence-electron chi connectivity index (χ4n) is 0.554. The minimum atomic E-state index is -0.328. The molecule has 0 rings (SSSR count). The molecular formula is C7H14N2O. The molecule has 0 bridgehead atoms. The van der Waals surface area contributed by atoms with E-state index in [0.717, 1.165) is 0 Å². The molecule has 0 aromatic heterocycles. The maximum Gasteiger partial charge on any atom is 0.0666 e. The number of rotatable bonds is 4. The minimum absolute atomic E-state index is 0.0266. The van der Waals surface area contributed by atoms with Crippen molar-refractivity contribution >= 4 is 0 Å². The summed E-state index contributed by atoms with van der Waals surface area (Å²) in [5.74, 6) is 0.0266. The van der Waals surface area contributed by atoms with E-state index in [2.05, 4.69) is 11.4 Å². The van der Waals surface area contributed by atoms with Crippen molar-refractivity contribution in [3.63, 3.8) is 0 Å². The zero-order valence-corrected chi connectivity index (χ0v) is 6.46. The zero-order chi connectivity index (χ0) is 7.98. The van der Waals surface area contributed by atoms with Crippen LogP contribution in [0.15, 0.2) is 0 Å². The van der Waals surface area contributed by atoms with E-state index in [1.807, 2.05) is 6.92 Å². The molecule has 0 amide bonds. The largest absolute Gasteiger partial charge is 0.392 e. The molecule has 58 valence electrons. The van der Waals surface area contributed by atoms with Gasteiger partial charge in [-0.2, -0.15) is 5.26 Å². The van der Waals surface area contributed by atoms with Crippen LogP contribution in [0.1, 0.15) is 13.8 Å². The lowest BCUT2D eigenvalue weighted by atomic mass is 10.2. The Bertz CT molecular complexity index is 117. The van der Waals surface area contributed by atoms with E-state index >= 15 is 0 Å². The Labute approximate surface area is 61.7 Å². The molecule has 0 aromatic carbocycles. The lowest BCUT2D eigenvalue weighted by Crippen LogP contribution is -2.28. The second kappa shape index (κ2) is 5.21. The highest BCUT2D eigenvalue weighted by Gasteiger charge is 1.98. The van der Waals surface area contributed by atoms with Crippen molar-refractivity contribution in [3.8, 4) is 6.07 Å². The van der Waals surface area contributed by atoms with Crippen LogP contribution in [0, 0.1) is 17.2 Å². The number of nitriles is 1. The van der Waals surface area contributed by atoms with E-state index in [1.54, 1.807) is 6.92 Å². The van der Waals surface area contributed by atoms with E-state index in [4.69, 9.17) is 10.4 Å². The third kappa shape index (κ3) is 5.54. The Morgan fingerprint density at radius 2 is 2.10 bits per heavy atom. The summed E-state index contributed by atoms with van der Waals surface area (Å²) in [5.41, 5.74) is 0. The molecule has 2 N–H and O–H groups in total. The lowest BCUT2D eigenvalue weighted by molar-refractivity contribution is 0.190. The van der Waals surface area contributed by atoms with Crippen LogP contribution in [0.25, 0.3) is 0 Å². The number of aliphatic hydroxyl groups excluding tert-OH is 1. The van der Waals surface area contributed by atoms with Gasteiger partial charge in [-0.3, -0.25) is 0 Å². The number of nitrogens with one attached hydrogen (secondary N) is 1. The Hall–Kier alpha value is -0.590. The maximum atomic E-state index is 8.79. The molecule has 0 spiro atoms. The quantitative estimate of drug-likeness (QED) is 0.586. The van der Waals surface area contributed by atoms with E-state index < -0.39 is 0 Å². The van der Waals surface area contributed by atoms with Crippen molar-refractivity contribution in [2.75, 3.05) is 13.1 Å². The van der Waals surface area contributed by atoms with Crippen molar-refractivity contribution in [1.29, 1.82) is 5.26 Å². The van der Waals surface area contributed by atoms with Crippen LogP contribution in [0.2, 0.25) is 0 Å². The molecule has 2 unspecified atom stereocenters. The normalized spacial score (nSPS) is 15.8. The third-order valence-corrected chi connectivity index (χ3v) is 1.11. The van der Waals surface area contributed by atoms with Crippen molar-refractivity contribution in [2.45, 2.75) is 20.0 Å². The summed E-state index contributed by atoms with van der Waals surface area (Å²) in [4.78, 5) is 0. The van der Waals surface area contributed by atoms with Crippen LogP contribution < -0.4 is 5.32 Å². The monoisotopic (exact) mass is 142 g/mol. The maximum absolute atomic E-state index is 8.79. The smallest absolute Gasteiger partial charge is 0.0666 e. The lowest BCUT2D eigenvalue weighted by Gasteiger charge is -2.06. The van der Waals surface area contributed by atoms with Gasteiger partial charge in [0.2, 0.25) is 0 Å². The van der Waals surface area contributed by atoms with E-state index in [9.17, 15) is 0 Å². The van der Waals surface area contributed by atoms with Crippen LogP contribution in [0.3, 0.4) is 0 Å². The second-order valence-corrected chi connectivity index (χ2v) is 2.54. The summed E-state index contributed by atoms with van der Waals surface area (Å²) in [6, 6.07) is 2.09. The number of nitrogens with zero attached hydrogens (tertiary/aromatic N) is 1. The number of hydrogen-bond donors (Lipinski definition) is 2. The van der Waals surface area contributed by atoms with Gasteiger partial charge in [0.05, 0.1) is 18.1 Å². The molecule has 0 saturated carbocycles. The van der Waals surface area contributed by atoms with Crippen LogP contribution >= 0.6 is 0 Å². The average molecular weight is 142 g/mol. The highest BCUT2D eigenvalue weighted by atomic mass is 16.3. The summed E-state index contributed by atoms with van der Waals surface area (Å²) in [7, 11) is 0. The molecule has 0 aliphatic heterocycles. The third-order valence-electron chi connectivity index (χ3n) is 1.11. The van der Waals surface area contributed by atoms with Crippen LogP contribution in [-0.4, -0.2) is 24.3 Å². The van der Waals surface area contributed by atoms with Crippen LogP contribution in [-0.2, 0) is 0 Å². The first kappa shape index (κ1) is 9.41. The average Bonchev–Trinajstić information content (AvgIpc) is 1.87. The van der Waals surface area contributed by atoms with Gasteiger partial charge in [0.15, 0.2) is 0 Å². The van der Waals surface area contributed by atoms with Crippen molar-refractivity contribution in [2.24, 2.45) is 5.92 Å². The van der Waals surface area contributed by atoms with Gasteiger partial charge >= 0.3 is 0 Å². The van der Waals surface area contributed by atoms with Gasteiger partial charge in [0, 0.05) is 13.1 Å². The molecular weight excluding hydrogens is 128 g/mol.